The Kier molecular flexibility index (Phi) is 3.38. The summed E-state index contributed by atoms with van der Waals surface area (Å²) in [5, 5.41) is 21.3. The van der Waals surface area contributed by atoms with Crippen LogP contribution in [0.15, 0.2) is 24.3 Å². The van der Waals surface area contributed by atoms with Crippen molar-refractivity contribution in [1.82, 2.24) is 0 Å². The first-order valence-electron chi connectivity index (χ1n) is 5.48. The van der Waals surface area contributed by atoms with Crippen LogP contribution in [0.2, 0.25) is 5.02 Å². The number of carbonyl (C=O) groups is 1. The molecule has 0 amide bonds. The summed E-state index contributed by atoms with van der Waals surface area (Å²) in [7, 11) is 0. The average molecular weight is 252 g/mol. The number of hydrogen-bond acceptors (Lipinski definition) is 2. The molecule has 1 aliphatic rings. The van der Waals surface area contributed by atoms with Crippen molar-refractivity contribution in [2.24, 2.45) is 0 Å². The lowest BCUT2D eigenvalue weighted by Gasteiger charge is -2.25. The van der Waals surface area contributed by atoms with E-state index in [1.165, 1.54) is 6.07 Å². The molecule has 0 fully saturated rings. The summed E-state index contributed by atoms with van der Waals surface area (Å²) in [5.74, 6) is -1.53. The molecule has 0 spiro atoms. The molecule has 0 radical (unpaired) electrons. The first-order valence-corrected chi connectivity index (χ1v) is 5.86. The van der Waals surface area contributed by atoms with E-state index < -0.39 is 11.7 Å². The van der Waals surface area contributed by atoms with Crippen LogP contribution in [0, 0.1) is 0 Å². The Balaban J connectivity index is 2.46. The normalized spacial score (nSPS) is 19.2. The highest BCUT2D eigenvalue weighted by molar-refractivity contribution is 6.31. The first kappa shape index (κ1) is 12.0. The summed E-state index contributed by atoms with van der Waals surface area (Å²) in [5.41, 5.74) is 0.293. The molecule has 4 heteroatoms. The minimum absolute atomic E-state index is 0.0873. The first-order chi connectivity index (χ1) is 8.09. The van der Waals surface area contributed by atoms with Crippen LogP contribution in [0.25, 0.3) is 0 Å². The van der Waals surface area contributed by atoms with Crippen molar-refractivity contribution in [3.8, 4) is 5.75 Å². The predicted octanol–water partition coefficient (Wildman–Crippen LogP) is 2.94. The van der Waals surface area contributed by atoms with Gasteiger partial charge in [-0.15, -0.1) is 0 Å². The van der Waals surface area contributed by atoms with Crippen molar-refractivity contribution >= 4 is 17.6 Å². The highest BCUT2D eigenvalue weighted by atomic mass is 35.5. The zero-order valence-electron chi connectivity index (χ0n) is 9.15. The molecule has 1 unspecified atom stereocenters. The number of carboxylic acid groups (broad SMARTS) is 1. The van der Waals surface area contributed by atoms with E-state index in [1.807, 2.05) is 6.08 Å². The van der Waals surface area contributed by atoms with Crippen molar-refractivity contribution in [3.63, 3.8) is 0 Å². The number of carboxylic acids is 1. The largest absolute Gasteiger partial charge is 0.872 e. The second-order valence-electron chi connectivity index (χ2n) is 4.16. The second kappa shape index (κ2) is 4.80. The summed E-state index contributed by atoms with van der Waals surface area (Å²) in [6.45, 7) is 0. The van der Waals surface area contributed by atoms with Gasteiger partial charge < -0.3 is 10.2 Å². The number of allylic oxidation sites excluding steroid dienone is 2. The van der Waals surface area contributed by atoms with Crippen LogP contribution in [-0.4, -0.2) is 11.1 Å². The van der Waals surface area contributed by atoms with Gasteiger partial charge in [-0.1, -0.05) is 35.1 Å². The van der Waals surface area contributed by atoms with Gasteiger partial charge in [0.15, 0.2) is 0 Å². The van der Waals surface area contributed by atoms with Gasteiger partial charge in [0.05, 0.1) is 5.56 Å². The molecule has 3 nitrogen and oxygen atoms in total. The molecular weight excluding hydrogens is 240 g/mol. The fraction of sp³-hybridized carbons (Fsp3) is 0.308. The van der Waals surface area contributed by atoms with E-state index in [4.69, 9.17) is 16.7 Å². The third-order valence-electron chi connectivity index (χ3n) is 3.02. The van der Waals surface area contributed by atoms with E-state index in [9.17, 15) is 9.90 Å². The Morgan fingerprint density at radius 1 is 1.41 bits per heavy atom. The highest BCUT2D eigenvalue weighted by Gasteiger charge is 2.17. The van der Waals surface area contributed by atoms with Gasteiger partial charge in [-0.2, -0.15) is 0 Å². The smallest absolute Gasteiger partial charge is 0.335 e. The van der Waals surface area contributed by atoms with Gasteiger partial charge in [0, 0.05) is 5.02 Å². The van der Waals surface area contributed by atoms with E-state index in [2.05, 4.69) is 6.08 Å². The molecule has 1 aromatic carbocycles. The van der Waals surface area contributed by atoms with E-state index in [0.717, 1.165) is 19.3 Å². The molecule has 1 N–H and O–H groups in total. The lowest BCUT2D eigenvalue weighted by atomic mass is 9.86. The van der Waals surface area contributed by atoms with Gasteiger partial charge in [0.2, 0.25) is 0 Å². The van der Waals surface area contributed by atoms with Crippen molar-refractivity contribution in [1.29, 1.82) is 0 Å². The number of aromatic carboxylic acids is 1. The predicted molar refractivity (Wildman–Crippen MR) is 63.6 cm³/mol. The molecule has 0 aliphatic heterocycles. The zero-order chi connectivity index (χ0) is 12.4. The SMILES string of the molecule is O=C(O)c1cc(Cl)cc(C2CC=CCC2)c1[O-]. The van der Waals surface area contributed by atoms with Gasteiger partial charge in [-0.05, 0) is 37.3 Å². The number of rotatable bonds is 2. The maximum absolute atomic E-state index is 12.0. The number of hydrogen-bond donors (Lipinski definition) is 1. The van der Waals surface area contributed by atoms with Crippen LogP contribution < -0.4 is 5.11 Å². The summed E-state index contributed by atoms with van der Waals surface area (Å²) >= 11 is 5.87. The van der Waals surface area contributed by atoms with Gasteiger partial charge in [-0.3, -0.25) is 0 Å². The number of benzene rings is 1. The zero-order valence-corrected chi connectivity index (χ0v) is 9.91. The quantitative estimate of drug-likeness (QED) is 0.822. The highest BCUT2D eigenvalue weighted by Crippen LogP contribution is 2.36. The molecular formula is C13H12ClO3-. The van der Waals surface area contributed by atoms with Crippen molar-refractivity contribution < 1.29 is 15.0 Å². The van der Waals surface area contributed by atoms with Crippen LogP contribution in [0.1, 0.15) is 41.1 Å². The van der Waals surface area contributed by atoms with E-state index >= 15 is 0 Å². The molecule has 2 rings (SSSR count). The van der Waals surface area contributed by atoms with Gasteiger partial charge in [0.1, 0.15) is 0 Å². The number of halogens is 1. The van der Waals surface area contributed by atoms with Gasteiger partial charge in [0.25, 0.3) is 0 Å². The molecule has 0 heterocycles. The summed E-state index contributed by atoms with van der Waals surface area (Å²) in [4.78, 5) is 10.9. The van der Waals surface area contributed by atoms with Crippen LogP contribution in [0.4, 0.5) is 0 Å². The Bertz CT molecular complexity index is 480. The van der Waals surface area contributed by atoms with E-state index in [1.54, 1.807) is 6.07 Å². The van der Waals surface area contributed by atoms with Crippen molar-refractivity contribution in [2.45, 2.75) is 25.2 Å². The minimum atomic E-state index is -1.22. The summed E-state index contributed by atoms with van der Waals surface area (Å²) in [6, 6.07) is 2.81. The summed E-state index contributed by atoms with van der Waals surface area (Å²) < 4.78 is 0. The Morgan fingerprint density at radius 3 is 2.76 bits per heavy atom. The van der Waals surface area contributed by atoms with Gasteiger partial charge >= 0.3 is 5.97 Å². The van der Waals surface area contributed by atoms with Gasteiger partial charge in [-0.25, -0.2) is 4.79 Å². The van der Waals surface area contributed by atoms with Crippen LogP contribution in [0.5, 0.6) is 5.75 Å². The maximum atomic E-state index is 12.0. The third kappa shape index (κ3) is 2.44. The minimum Gasteiger partial charge on any atom is -0.872 e. The molecule has 0 saturated carbocycles. The fourth-order valence-electron chi connectivity index (χ4n) is 2.15. The van der Waals surface area contributed by atoms with Crippen molar-refractivity contribution in [2.75, 3.05) is 0 Å². The molecule has 1 aliphatic carbocycles. The molecule has 0 aromatic heterocycles. The van der Waals surface area contributed by atoms with E-state index in [0.29, 0.717) is 10.6 Å². The second-order valence-corrected chi connectivity index (χ2v) is 4.59. The lowest BCUT2D eigenvalue weighted by Crippen LogP contribution is -2.11. The fourth-order valence-corrected chi connectivity index (χ4v) is 2.38. The van der Waals surface area contributed by atoms with Crippen LogP contribution in [0.3, 0.4) is 0 Å². The van der Waals surface area contributed by atoms with Crippen molar-refractivity contribution in [3.05, 3.63) is 40.4 Å². The summed E-state index contributed by atoms with van der Waals surface area (Å²) in [6.07, 6.45) is 6.65. The third-order valence-corrected chi connectivity index (χ3v) is 3.24. The molecule has 1 aromatic rings. The van der Waals surface area contributed by atoms with Crippen LogP contribution >= 0.6 is 11.6 Å². The van der Waals surface area contributed by atoms with Crippen LogP contribution in [-0.2, 0) is 0 Å². The lowest BCUT2D eigenvalue weighted by molar-refractivity contribution is -0.270. The Morgan fingerprint density at radius 2 is 2.18 bits per heavy atom. The molecule has 0 bridgehead atoms. The van der Waals surface area contributed by atoms with E-state index in [-0.39, 0.29) is 11.5 Å². The molecule has 0 saturated heterocycles. The Labute approximate surface area is 104 Å². The molecule has 17 heavy (non-hydrogen) atoms. The average Bonchev–Trinajstić information content (AvgIpc) is 2.32. The topological polar surface area (TPSA) is 60.4 Å². The molecule has 90 valence electrons. The maximum Gasteiger partial charge on any atom is 0.335 e. The molecule has 1 atom stereocenters. The standard InChI is InChI=1S/C13H13ClO3/c14-9-6-10(8-4-2-1-3-5-8)12(15)11(7-9)13(16)17/h1-2,6-8,15H,3-5H2,(H,16,17)/p-1. The monoisotopic (exact) mass is 251 g/mol. The Hall–Kier alpha value is -1.48.